The van der Waals surface area contributed by atoms with Gasteiger partial charge in [0.25, 0.3) is 5.91 Å². The number of hydrogen-bond acceptors (Lipinski definition) is 4. The van der Waals surface area contributed by atoms with Gasteiger partial charge in [0.05, 0.1) is 26.7 Å². The van der Waals surface area contributed by atoms with Gasteiger partial charge in [-0.15, -0.1) is 0 Å². The zero-order valence-corrected chi connectivity index (χ0v) is 19.1. The number of anilines is 1. The average molecular weight is 445 g/mol. The number of methoxy groups -OCH3 is 2. The molecule has 33 heavy (non-hydrogen) atoms. The van der Waals surface area contributed by atoms with E-state index in [2.05, 4.69) is 12.2 Å². The average Bonchev–Trinajstić information content (AvgIpc) is 3.18. The molecule has 0 aliphatic carbocycles. The van der Waals surface area contributed by atoms with Gasteiger partial charge >= 0.3 is 0 Å². The second-order valence-electron chi connectivity index (χ2n) is 7.98. The molecule has 1 N–H and O–H groups in total. The molecule has 1 heterocycles. The number of para-hydroxylation sites is 1. The third-order valence-electron chi connectivity index (χ3n) is 6.07. The van der Waals surface area contributed by atoms with E-state index in [0.717, 1.165) is 28.8 Å². The lowest BCUT2D eigenvalue weighted by atomic mass is 10.0. The molecule has 3 aromatic carbocycles. The van der Waals surface area contributed by atoms with E-state index in [0.29, 0.717) is 23.6 Å². The molecule has 1 aliphatic heterocycles. The lowest BCUT2D eigenvalue weighted by Crippen LogP contribution is -2.32. The number of amides is 2. The van der Waals surface area contributed by atoms with E-state index in [-0.39, 0.29) is 18.2 Å². The quantitative estimate of drug-likeness (QED) is 0.531. The highest BCUT2D eigenvalue weighted by molar-refractivity contribution is 5.99. The van der Waals surface area contributed by atoms with Crippen molar-refractivity contribution in [3.8, 4) is 11.5 Å². The molecular formula is C27H28N2O4. The van der Waals surface area contributed by atoms with Crippen LogP contribution in [0.2, 0.25) is 0 Å². The number of fused-ring (bicyclic) bond motifs is 1. The summed E-state index contributed by atoms with van der Waals surface area (Å²) in [4.78, 5) is 28.2. The van der Waals surface area contributed by atoms with Gasteiger partial charge in [0.2, 0.25) is 5.91 Å². The maximum absolute atomic E-state index is 13.3. The molecule has 170 valence electrons. The molecular weight excluding hydrogens is 416 g/mol. The standard InChI is InChI=1S/C27H28N2O4/c1-4-18-9-6-8-12-22(18)28-26(30)16-23(19-13-14-24(32-2)25(15-19)33-3)29-17-20-10-5-7-11-21(20)27(29)31/h5-15,23H,4,16-17H2,1-3H3,(H,28,30)/t23-/m0/s1. The van der Waals surface area contributed by atoms with Gasteiger partial charge < -0.3 is 19.7 Å². The SMILES string of the molecule is CCc1ccccc1NC(=O)C[C@@H](c1ccc(OC)c(OC)c1)N1Cc2ccccc2C1=O. The first-order valence-electron chi connectivity index (χ1n) is 11.0. The van der Waals surface area contributed by atoms with Crippen LogP contribution in [0.4, 0.5) is 5.69 Å². The van der Waals surface area contributed by atoms with Gasteiger partial charge in [-0.3, -0.25) is 9.59 Å². The fraction of sp³-hybridized carbons (Fsp3) is 0.259. The Morgan fingerprint density at radius 1 is 1.00 bits per heavy atom. The van der Waals surface area contributed by atoms with Crippen LogP contribution in [0.25, 0.3) is 0 Å². The zero-order valence-electron chi connectivity index (χ0n) is 19.1. The van der Waals surface area contributed by atoms with Gasteiger partial charge in [-0.2, -0.15) is 0 Å². The van der Waals surface area contributed by atoms with Gasteiger partial charge in [0, 0.05) is 17.8 Å². The molecule has 0 aromatic heterocycles. The van der Waals surface area contributed by atoms with Gasteiger partial charge in [-0.25, -0.2) is 0 Å². The Bertz CT molecular complexity index is 1170. The molecule has 6 heteroatoms. The summed E-state index contributed by atoms with van der Waals surface area (Å²) in [6, 6.07) is 20.4. The first-order chi connectivity index (χ1) is 16.0. The van der Waals surface area contributed by atoms with Crippen LogP contribution in [-0.2, 0) is 17.8 Å². The Labute approximate surface area is 194 Å². The number of carbonyl (C=O) groups is 2. The van der Waals surface area contributed by atoms with Gasteiger partial charge in [0.15, 0.2) is 11.5 Å². The summed E-state index contributed by atoms with van der Waals surface area (Å²) in [5.74, 6) is 0.921. The van der Waals surface area contributed by atoms with E-state index in [4.69, 9.17) is 9.47 Å². The molecule has 3 aromatic rings. The number of nitrogens with zero attached hydrogens (tertiary/aromatic N) is 1. The first kappa shape index (κ1) is 22.4. The van der Waals surface area contributed by atoms with Gasteiger partial charge in [0.1, 0.15) is 0 Å². The highest BCUT2D eigenvalue weighted by Crippen LogP contribution is 2.37. The number of carbonyl (C=O) groups excluding carboxylic acids is 2. The van der Waals surface area contributed by atoms with Crippen molar-refractivity contribution in [2.45, 2.75) is 32.4 Å². The van der Waals surface area contributed by atoms with E-state index in [1.165, 1.54) is 0 Å². The minimum Gasteiger partial charge on any atom is -0.493 e. The van der Waals surface area contributed by atoms with Crippen molar-refractivity contribution in [2.75, 3.05) is 19.5 Å². The second-order valence-corrected chi connectivity index (χ2v) is 7.98. The molecule has 0 saturated carbocycles. The topological polar surface area (TPSA) is 67.9 Å². The normalized spacial score (nSPS) is 13.4. The minimum absolute atomic E-state index is 0.0767. The predicted octanol–water partition coefficient (Wildman–Crippen LogP) is 4.99. The monoisotopic (exact) mass is 444 g/mol. The summed E-state index contributed by atoms with van der Waals surface area (Å²) in [6.07, 6.45) is 0.933. The van der Waals surface area contributed by atoms with Crippen LogP contribution >= 0.6 is 0 Å². The van der Waals surface area contributed by atoms with Crippen LogP contribution in [0.3, 0.4) is 0 Å². The number of aryl methyl sites for hydroxylation is 1. The third kappa shape index (κ3) is 4.55. The summed E-state index contributed by atoms with van der Waals surface area (Å²) in [5.41, 5.74) is 4.32. The molecule has 0 spiro atoms. The summed E-state index contributed by atoms with van der Waals surface area (Å²) < 4.78 is 10.8. The van der Waals surface area contributed by atoms with E-state index >= 15 is 0 Å². The maximum Gasteiger partial charge on any atom is 0.255 e. The summed E-state index contributed by atoms with van der Waals surface area (Å²) >= 11 is 0. The van der Waals surface area contributed by atoms with Crippen LogP contribution in [-0.4, -0.2) is 30.9 Å². The van der Waals surface area contributed by atoms with Crippen LogP contribution in [0, 0.1) is 0 Å². The zero-order chi connectivity index (χ0) is 23.4. The maximum atomic E-state index is 13.3. The van der Waals surface area contributed by atoms with Crippen LogP contribution < -0.4 is 14.8 Å². The molecule has 0 radical (unpaired) electrons. The van der Waals surface area contributed by atoms with E-state index < -0.39 is 6.04 Å². The Hall–Kier alpha value is -3.80. The molecule has 6 nitrogen and oxygen atoms in total. The molecule has 4 rings (SSSR count). The van der Waals surface area contributed by atoms with Crippen molar-refractivity contribution in [2.24, 2.45) is 0 Å². The van der Waals surface area contributed by atoms with Gasteiger partial charge in [-0.1, -0.05) is 49.4 Å². The molecule has 0 fully saturated rings. The first-order valence-corrected chi connectivity index (χ1v) is 11.0. The smallest absolute Gasteiger partial charge is 0.255 e. The predicted molar refractivity (Wildman–Crippen MR) is 128 cm³/mol. The number of nitrogens with one attached hydrogen (secondary N) is 1. The Morgan fingerprint density at radius 3 is 2.45 bits per heavy atom. The molecule has 1 aliphatic rings. The third-order valence-corrected chi connectivity index (χ3v) is 6.07. The summed E-state index contributed by atoms with van der Waals surface area (Å²) in [5, 5.41) is 3.04. The number of benzene rings is 3. The van der Waals surface area contributed by atoms with Crippen molar-refractivity contribution in [3.05, 3.63) is 89.0 Å². The molecule has 0 unspecified atom stereocenters. The Kier molecular flexibility index (Phi) is 6.63. The highest BCUT2D eigenvalue weighted by Gasteiger charge is 2.35. The van der Waals surface area contributed by atoms with Crippen molar-refractivity contribution in [1.82, 2.24) is 4.90 Å². The Morgan fingerprint density at radius 2 is 1.73 bits per heavy atom. The fourth-order valence-corrected chi connectivity index (χ4v) is 4.32. The van der Waals surface area contributed by atoms with E-state index in [9.17, 15) is 9.59 Å². The highest BCUT2D eigenvalue weighted by atomic mass is 16.5. The van der Waals surface area contributed by atoms with Crippen LogP contribution in [0.1, 0.15) is 46.4 Å². The number of rotatable bonds is 8. The van der Waals surface area contributed by atoms with Crippen molar-refractivity contribution in [1.29, 1.82) is 0 Å². The molecule has 1 atom stereocenters. The summed E-state index contributed by atoms with van der Waals surface area (Å²) in [6.45, 7) is 2.50. The molecule has 2 amide bonds. The van der Waals surface area contributed by atoms with Crippen molar-refractivity contribution >= 4 is 17.5 Å². The lowest BCUT2D eigenvalue weighted by molar-refractivity contribution is -0.117. The van der Waals surface area contributed by atoms with E-state index in [1.807, 2.05) is 60.7 Å². The number of ether oxygens (including phenoxy) is 2. The largest absolute Gasteiger partial charge is 0.493 e. The van der Waals surface area contributed by atoms with Gasteiger partial charge in [-0.05, 0) is 47.4 Å². The van der Waals surface area contributed by atoms with Crippen LogP contribution in [0.5, 0.6) is 11.5 Å². The second kappa shape index (κ2) is 9.77. The van der Waals surface area contributed by atoms with Crippen molar-refractivity contribution < 1.29 is 19.1 Å². The van der Waals surface area contributed by atoms with Crippen molar-refractivity contribution in [3.63, 3.8) is 0 Å². The lowest BCUT2D eigenvalue weighted by Gasteiger charge is -2.28. The Balaban J connectivity index is 1.66. The molecule has 0 saturated heterocycles. The fourth-order valence-electron chi connectivity index (χ4n) is 4.32. The van der Waals surface area contributed by atoms with E-state index in [1.54, 1.807) is 25.2 Å². The van der Waals surface area contributed by atoms with Crippen LogP contribution in [0.15, 0.2) is 66.7 Å². The number of hydrogen-bond donors (Lipinski definition) is 1. The summed E-state index contributed by atoms with van der Waals surface area (Å²) in [7, 11) is 3.15. The molecule has 0 bridgehead atoms. The minimum atomic E-state index is -0.460.